The second-order valence-corrected chi connectivity index (χ2v) is 7.66. The van der Waals surface area contributed by atoms with Gasteiger partial charge in [-0.25, -0.2) is 14.2 Å². The van der Waals surface area contributed by atoms with Crippen LogP contribution >= 0.6 is 0 Å². The molecule has 5 aromatic rings. The number of alkyl halides is 3. The van der Waals surface area contributed by atoms with E-state index in [1.165, 1.54) is 0 Å². The van der Waals surface area contributed by atoms with E-state index in [4.69, 9.17) is 0 Å². The highest BCUT2D eigenvalue weighted by Gasteiger charge is 2.31. The molecular formula is C24H17F4N5O2. The first-order valence-electron chi connectivity index (χ1n) is 10.4. The number of amides is 2. The number of halogens is 4. The van der Waals surface area contributed by atoms with Crippen molar-refractivity contribution in [2.24, 2.45) is 0 Å². The summed E-state index contributed by atoms with van der Waals surface area (Å²) < 4.78 is 57.2. The summed E-state index contributed by atoms with van der Waals surface area (Å²) in [6.45, 7) is 0.563. The molecule has 5 rings (SSSR count). The van der Waals surface area contributed by atoms with Crippen LogP contribution in [-0.4, -0.2) is 26.9 Å². The van der Waals surface area contributed by atoms with Crippen LogP contribution in [0, 0.1) is 5.82 Å². The van der Waals surface area contributed by atoms with Gasteiger partial charge in [-0.15, -0.1) is 13.2 Å². The second-order valence-electron chi connectivity index (χ2n) is 7.66. The summed E-state index contributed by atoms with van der Waals surface area (Å²) in [6, 6.07) is 12.6. The maximum absolute atomic E-state index is 14.1. The number of carbonyl (C=O) groups is 1. The molecule has 2 amide bonds. The Morgan fingerprint density at radius 3 is 2.69 bits per heavy atom. The van der Waals surface area contributed by atoms with Crippen molar-refractivity contribution in [2.45, 2.75) is 12.9 Å². The SMILES string of the molecule is O=C(Nc1cc(OC(F)(F)F)ccc1F)Nc1cccc2c1ccn2Cc1ccnc2[nH]ccc12. The zero-order valence-corrected chi connectivity index (χ0v) is 17.9. The summed E-state index contributed by atoms with van der Waals surface area (Å²) in [5.41, 5.74) is 2.68. The monoisotopic (exact) mass is 483 g/mol. The number of benzene rings is 2. The Hall–Kier alpha value is -4.54. The molecule has 11 heteroatoms. The van der Waals surface area contributed by atoms with E-state index in [-0.39, 0.29) is 0 Å². The minimum Gasteiger partial charge on any atom is -0.406 e. The molecule has 0 aliphatic heterocycles. The number of anilines is 2. The van der Waals surface area contributed by atoms with Crippen molar-refractivity contribution >= 4 is 39.3 Å². The summed E-state index contributed by atoms with van der Waals surface area (Å²) in [6.07, 6.45) is 0.488. The van der Waals surface area contributed by atoms with Gasteiger partial charge in [0.05, 0.1) is 16.9 Å². The number of pyridine rings is 1. The predicted molar refractivity (Wildman–Crippen MR) is 123 cm³/mol. The van der Waals surface area contributed by atoms with Gasteiger partial charge in [-0.05, 0) is 48.0 Å². The smallest absolute Gasteiger partial charge is 0.406 e. The molecule has 0 bridgehead atoms. The highest BCUT2D eigenvalue weighted by atomic mass is 19.4. The average Bonchev–Trinajstić information content (AvgIpc) is 3.44. The third-order valence-corrected chi connectivity index (χ3v) is 5.37. The minimum absolute atomic E-state index is 0.448. The Kier molecular flexibility index (Phi) is 5.51. The van der Waals surface area contributed by atoms with E-state index < -0.39 is 29.6 Å². The number of aromatic amines is 1. The van der Waals surface area contributed by atoms with E-state index in [9.17, 15) is 22.4 Å². The summed E-state index contributed by atoms with van der Waals surface area (Å²) in [5, 5.41) is 6.58. The number of nitrogens with zero attached hydrogens (tertiary/aromatic N) is 2. The fourth-order valence-corrected chi connectivity index (χ4v) is 3.88. The lowest BCUT2D eigenvalue weighted by Crippen LogP contribution is -2.21. The van der Waals surface area contributed by atoms with Crippen molar-refractivity contribution in [2.75, 3.05) is 10.6 Å². The Balaban J connectivity index is 1.36. The third-order valence-electron chi connectivity index (χ3n) is 5.37. The Morgan fingerprint density at radius 2 is 1.86 bits per heavy atom. The Bertz CT molecular complexity index is 1540. The number of urea groups is 1. The van der Waals surface area contributed by atoms with Gasteiger partial charge in [-0.2, -0.15) is 0 Å². The van der Waals surface area contributed by atoms with E-state index in [0.717, 1.165) is 45.7 Å². The van der Waals surface area contributed by atoms with E-state index in [1.54, 1.807) is 18.3 Å². The van der Waals surface area contributed by atoms with Gasteiger partial charge in [0, 0.05) is 42.0 Å². The molecule has 0 saturated heterocycles. The van der Waals surface area contributed by atoms with Crippen LogP contribution in [0.4, 0.5) is 33.7 Å². The van der Waals surface area contributed by atoms with Gasteiger partial charge < -0.3 is 24.9 Å². The van der Waals surface area contributed by atoms with E-state index in [0.29, 0.717) is 12.2 Å². The number of hydrogen-bond acceptors (Lipinski definition) is 3. The van der Waals surface area contributed by atoms with Gasteiger partial charge in [-0.3, -0.25) is 0 Å². The van der Waals surface area contributed by atoms with Gasteiger partial charge in [0.2, 0.25) is 0 Å². The number of rotatable bonds is 5. The van der Waals surface area contributed by atoms with Crippen molar-refractivity contribution in [1.29, 1.82) is 0 Å². The first-order chi connectivity index (χ1) is 16.8. The van der Waals surface area contributed by atoms with Crippen LogP contribution in [-0.2, 0) is 6.54 Å². The van der Waals surface area contributed by atoms with Crippen LogP contribution in [0.3, 0.4) is 0 Å². The van der Waals surface area contributed by atoms with Crippen LogP contribution in [0.5, 0.6) is 5.75 Å². The number of carbonyl (C=O) groups excluding carboxylic acids is 1. The average molecular weight is 483 g/mol. The van der Waals surface area contributed by atoms with Gasteiger partial charge in [0.25, 0.3) is 0 Å². The van der Waals surface area contributed by atoms with E-state index in [1.807, 2.05) is 41.2 Å². The zero-order chi connectivity index (χ0) is 24.6. The molecule has 0 aliphatic rings. The topological polar surface area (TPSA) is 84.0 Å². The molecule has 2 aromatic carbocycles. The number of fused-ring (bicyclic) bond motifs is 2. The molecule has 35 heavy (non-hydrogen) atoms. The van der Waals surface area contributed by atoms with Crippen LogP contribution in [0.25, 0.3) is 21.9 Å². The maximum atomic E-state index is 14.1. The van der Waals surface area contributed by atoms with E-state index >= 15 is 0 Å². The molecule has 0 spiro atoms. The fraction of sp³-hybridized carbons (Fsp3) is 0.0833. The first-order valence-corrected chi connectivity index (χ1v) is 10.4. The van der Waals surface area contributed by atoms with Gasteiger partial charge in [-0.1, -0.05) is 6.07 Å². The summed E-state index contributed by atoms with van der Waals surface area (Å²) >= 11 is 0. The highest BCUT2D eigenvalue weighted by molar-refractivity contribution is 6.06. The molecule has 0 atom stereocenters. The summed E-state index contributed by atoms with van der Waals surface area (Å²) in [7, 11) is 0. The molecule has 0 radical (unpaired) electrons. The maximum Gasteiger partial charge on any atom is 0.573 e. The summed E-state index contributed by atoms with van der Waals surface area (Å²) in [5.74, 6) is -1.56. The van der Waals surface area contributed by atoms with Crippen molar-refractivity contribution in [3.63, 3.8) is 0 Å². The molecule has 7 nitrogen and oxygen atoms in total. The standard InChI is InChI=1S/C24H17F4N5O2/c25-18-5-4-15(35-24(26,27)28)12-20(18)32-23(34)31-19-2-1-3-21-17(19)8-11-33(21)13-14-6-9-29-22-16(14)7-10-30-22/h1-12H,13H2,(H,29,30)(H2,31,32,34). The normalized spacial score (nSPS) is 11.7. The van der Waals surface area contributed by atoms with Crippen molar-refractivity contribution in [3.8, 4) is 5.75 Å². The van der Waals surface area contributed by atoms with Gasteiger partial charge >= 0.3 is 12.4 Å². The number of nitrogens with one attached hydrogen (secondary N) is 3. The van der Waals surface area contributed by atoms with Crippen LogP contribution in [0.1, 0.15) is 5.56 Å². The van der Waals surface area contributed by atoms with Crippen LogP contribution in [0.2, 0.25) is 0 Å². The predicted octanol–water partition coefficient (Wildman–Crippen LogP) is 6.25. The largest absolute Gasteiger partial charge is 0.573 e. The molecule has 0 fully saturated rings. The number of hydrogen-bond donors (Lipinski definition) is 3. The summed E-state index contributed by atoms with van der Waals surface area (Å²) in [4.78, 5) is 19.9. The zero-order valence-electron chi connectivity index (χ0n) is 17.9. The third kappa shape index (κ3) is 4.74. The van der Waals surface area contributed by atoms with E-state index in [2.05, 4.69) is 25.3 Å². The molecule has 0 saturated carbocycles. The second kappa shape index (κ2) is 8.67. The first kappa shape index (κ1) is 22.3. The molecule has 3 heterocycles. The molecule has 3 N–H and O–H groups in total. The lowest BCUT2D eigenvalue weighted by atomic mass is 10.2. The molecular weight excluding hydrogens is 466 g/mol. The number of H-pyrrole nitrogens is 1. The molecule has 0 unspecified atom stereocenters. The van der Waals surface area contributed by atoms with Gasteiger partial charge in [0.1, 0.15) is 17.2 Å². The minimum atomic E-state index is -4.94. The van der Waals surface area contributed by atoms with Crippen LogP contribution < -0.4 is 15.4 Å². The fourth-order valence-electron chi connectivity index (χ4n) is 3.88. The molecule has 3 aromatic heterocycles. The quantitative estimate of drug-likeness (QED) is 0.259. The van der Waals surface area contributed by atoms with Crippen molar-refractivity contribution in [3.05, 3.63) is 84.6 Å². The van der Waals surface area contributed by atoms with Crippen molar-refractivity contribution < 1.29 is 27.1 Å². The number of aromatic nitrogens is 3. The number of ether oxygens (including phenoxy) is 1. The van der Waals surface area contributed by atoms with Crippen molar-refractivity contribution in [1.82, 2.24) is 14.5 Å². The lowest BCUT2D eigenvalue weighted by Gasteiger charge is -2.13. The Labute approximate surface area is 195 Å². The Morgan fingerprint density at radius 1 is 1.03 bits per heavy atom. The van der Waals surface area contributed by atoms with Gasteiger partial charge in [0.15, 0.2) is 0 Å². The lowest BCUT2D eigenvalue weighted by molar-refractivity contribution is -0.274. The molecule has 178 valence electrons. The molecule has 0 aliphatic carbocycles. The van der Waals surface area contributed by atoms with Crippen LogP contribution in [0.15, 0.2) is 73.2 Å². The highest BCUT2D eigenvalue weighted by Crippen LogP contribution is 2.29.